The van der Waals surface area contributed by atoms with Crippen molar-refractivity contribution in [3.63, 3.8) is 0 Å². The van der Waals surface area contributed by atoms with E-state index < -0.39 is 10.0 Å². The van der Waals surface area contributed by atoms with Gasteiger partial charge >= 0.3 is 0 Å². The molecule has 0 saturated heterocycles. The quantitative estimate of drug-likeness (QED) is 0.597. The zero-order valence-corrected chi connectivity index (χ0v) is 19.0. The van der Waals surface area contributed by atoms with E-state index in [0.717, 1.165) is 30.4 Å². The Hall–Kier alpha value is -2.64. The maximum absolute atomic E-state index is 13.7. The van der Waals surface area contributed by atoms with Crippen LogP contribution < -0.4 is 4.31 Å². The Morgan fingerprint density at radius 2 is 1.84 bits per heavy atom. The number of amides is 1. The molecule has 1 aromatic heterocycles. The summed E-state index contributed by atoms with van der Waals surface area (Å²) in [6.45, 7) is 1.15. The Balaban J connectivity index is 1.52. The topological polar surface area (TPSA) is 57.7 Å². The molecule has 5 nitrogen and oxygen atoms in total. The lowest BCUT2D eigenvalue weighted by Crippen LogP contribution is -2.40. The van der Waals surface area contributed by atoms with Crippen molar-refractivity contribution < 1.29 is 13.2 Å². The van der Waals surface area contributed by atoms with Crippen molar-refractivity contribution in [1.82, 2.24) is 4.90 Å². The molecule has 1 amide bonds. The highest BCUT2D eigenvalue weighted by Crippen LogP contribution is 2.39. The monoisotopic (exact) mass is 452 g/mol. The highest BCUT2D eigenvalue weighted by molar-refractivity contribution is 7.92. The third-order valence-electron chi connectivity index (χ3n) is 6.14. The largest absolute Gasteiger partial charge is 0.327 e. The van der Waals surface area contributed by atoms with Gasteiger partial charge < -0.3 is 4.90 Å². The van der Waals surface area contributed by atoms with Crippen LogP contribution in [-0.2, 0) is 22.9 Å². The van der Waals surface area contributed by atoms with Crippen molar-refractivity contribution in [2.24, 2.45) is 0 Å². The van der Waals surface area contributed by atoms with E-state index in [9.17, 15) is 13.2 Å². The molecule has 7 heteroatoms. The number of carbonyl (C=O) groups is 1. The fraction of sp³-hybridized carbons (Fsp3) is 0.292. The van der Waals surface area contributed by atoms with E-state index in [1.165, 1.54) is 21.0 Å². The standard InChI is InChI=1S/C24H24N2O3S2/c1-31(28,29)26-13-5-8-18-16-19(9-10-21(18)26)24(27)25-14-11-22-20(12-15-30-22)23(25)17-6-3-2-4-7-17/h2-4,6-7,9-10,12,15-16,23H,5,8,11,13-14H2,1H3/t23-/m0/s1. The van der Waals surface area contributed by atoms with Crippen LogP contribution in [0.4, 0.5) is 5.69 Å². The van der Waals surface area contributed by atoms with E-state index in [1.807, 2.05) is 29.2 Å². The van der Waals surface area contributed by atoms with E-state index in [0.29, 0.717) is 24.3 Å². The zero-order chi connectivity index (χ0) is 21.6. The minimum atomic E-state index is -3.33. The molecule has 3 aromatic rings. The number of aryl methyl sites for hydroxylation is 1. The first-order valence-corrected chi connectivity index (χ1v) is 13.2. The first kappa shape index (κ1) is 20.3. The van der Waals surface area contributed by atoms with E-state index in [-0.39, 0.29) is 11.9 Å². The lowest BCUT2D eigenvalue weighted by Gasteiger charge is -2.37. The summed E-state index contributed by atoms with van der Waals surface area (Å²) in [6, 6.07) is 17.7. The van der Waals surface area contributed by atoms with Gasteiger partial charge in [-0.3, -0.25) is 9.10 Å². The maximum atomic E-state index is 13.7. The van der Waals surface area contributed by atoms with Crippen LogP contribution in [0, 0.1) is 0 Å². The van der Waals surface area contributed by atoms with E-state index >= 15 is 0 Å². The molecule has 0 fully saturated rings. The lowest BCUT2D eigenvalue weighted by atomic mass is 9.92. The third kappa shape index (κ3) is 3.66. The molecule has 3 heterocycles. The van der Waals surface area contributed by atoms with Crippen LogP contribution in [0.2, 0.25) is 0 Å². The molecule has 0 bridgehead atoms. The molecule has 0 radical (unpaired) electrons. The van der Waals surface area contributed by atoms with Crippen LogP contribution in [-0.4, -0.2) is 38.6 Å². The Morgan fingerprint density at radius 1 is 1.03 bits per heavy atom. The number of benzene rings is 2. The van der Waals surface area contributed by atoms with Crippen molar-refractivity contribution in [1.29, 1.82) is 0 Å². The number of hydrogen-bond donors (Lipinski definition) is 0. The van der Waals surface area contributed by atoms with Crippen LogP contribution in [0.5, 0.6) is 0 Å². The molecule has 160 valence electrons. The summed E-state index contributed by atoms with van der Waals surface area (Å²) in [5.41, 5.74) is 4.55. The van der Waals surface area contributed by atoms with E-state index in [1.54, 1.807) is 23.5 Å². The Kier molecular flexibility index (Phi) is 5.10. The van der Waals surface area contributed by atoms with Crippen LogP contribution in [0.25, 0.3) is 0 Å². The molecule has 0 saturated carbocycles. The predicted octanol–water partition coefficient (Wildman–Crippen LogP) is 4.25. The molecule has 31 heavy (non-hydrogen) atoms. The first-order valence-electron chi connectivity index (χ1n) is 10.5. The lowest BCUT2D eigenvalue weighted by molar-refractivity contribution is 0.0696. The van der Waals surface area contributed by atoms with Crippen LogP contribution in [0.1, 0.15) is 44.4 Å². The molecule has 2 aromatic carbocycles. The fourth-order valence-corrected chi connectivity index (χ4v) is 6.64. The first-order chi connectivity index (χ1) is 14.9. The summed E-state index contributed by atoms with van der Waals surface area (Å²) >= 11 is 1.75. The number of rotatable bonds is 3. The number of carbonyl (C=O) groups excluding carboxylic acids is 1. The molecular formula is C24H24N2O3S2. The Labute approximate surface area is 187 Å². The van der Waals surface area contributed by atoms with Gasteiger partial charge in [-0.25, -0.2) is 8.42 Å². The van der Waals surface area contributed by atoms with Crippen molar-refractivity contribution in [2.75, 3.05) is 23.7 Å². The summed E-state index contributed by atoms with van der Waals surface area (Å²) < 4.78 is 25.8. The number of hydrogen-bond acceptors (Lipinski definition) is 4. The molecule has 0 unspecified atom stereocenters. The van der Waals surface area contributed by atoms with E-state index in [4.69, 9.17) is 0 Å². The molecule has 5 rings (SSSR count). The highest BCUT2D eigenvalue weighted by atomic mass is 32.2. The number of fused-ring (bicyclic) bond motifs is 2. The normalized spacial score (nSPS) is 18.4. The maximum Gasteiger partial charge on any atom is 0.254 e. The number of anilines is 1. The molecule has 2 aliphatic heterocycles. The summed E-state index contributed by atoms with van der Waals surface area (Å²) in [5.74, 6) is -0.00928. The van der Waals surface area contributed by atoms with E-state index in [2.05, 4.69) is 23.6 Å². The summed E-state index contributed by atoms with van der Waals surface area (Å²) in [6.07, 6.45) is 3.62. The van der Waals surface area contributed by atoms with Gasteiger partial charge in [-0.15, -0.1) is 11.3 Å². The minimum absolute atomic E-state index is 0.00928. The molecule has 2 aliphatic rings. The highest BCUT2D eigenvalue weighted by Gasteiger charge is 2.34. The van der Waals surface area contributed by atoms with Gasteiger partial charge in [0.1, 0.15) is 0 Å². The number of sulfonamides is 1. The van der Waals surface area contributed by atoms with Gasteiger partial charge in [-0.05, 0) is 65.6 Å². The van der Waals surface area contributed by atoms with Gasteiger partial charge in [0, 0.05) is 23.5 Å². The second-order valence-electron chi connectivity index (χ2n) is 8.14. The smallest absolute Gasteiger partial charge is 0.254 e. The third-order valence-corrected chi connectivity index (χ3v) is 8.32. The van der Waals surface area contributed by atoms with Gasteiger partial charge in [-0.2, -0.15) is 0 Å². The van der Waals surface area contributed by atoms with Gasteiger partial charge in [0.15, 0.2) is 0 Å². The van der Waals surface area contributed by atoms with Crippen molar-refractivity contribution in [2.45, 2.75) is 25.3 Å². The number of thiophene rings is 1. The second-order valence-corrected chi connectivity index (χ2v) is 11.1. The summed E-state index contributed by atoms with van der Waals surface area (Å²) in [5, 5.41) is 2.10. The minimum Gasteiger partial charge on any atom is -0.327 e. The molecule has 0 aliphatic carbocycles. The van der Waals surface area contributed by atoms with Crippen LogP contribution in [0.3, 0.4) is 0 Å². The van der Waals surface area contributed by atoms with Gasteiger partial charge in [-0.1, -0.05) is 30.3 Å². The predicted molar refractivity (Wildman–Crippen MR) is 124 cm³/mol. The zero-order valence-electron chi connectivity index (χ0n) is 17.3. The van der Waals surface area contributed by atoms with Crippen molar-refractivity contribution in [3.8, 4) is 0 Å². The molecular weight excluding hydrogens is 428 g/mol. The van der Waals surface area contributed by atoms with Crippen molar-refractivity contribution in [3.05, 3.63) is 87.1 Å². The number of nitrogens with zero attached hydrogens (tertiary/aromatic N) is 2. The van der Waals surface area contributed by atoms with Gasteiger partial charge in [0.2, 0.25) is 10.0 Å². The Morgan fingerprint density at radius 3 is 2.61 bits per heavy atom. The average Bonchev–Trinajstić information content (AvgIpc) is 3.26. The van der Waals surface area contributed by atoms with Crippen LogP contribution >= 0.6 is 11.3 Å². The SMILES string of the molecule is CS(=O)(=O)N1CCCc2cc(C(=O)N3CCc4sccc4[C@@H]3c3ccccc3)ccc21. The molecule has 0 N–H and O–H groups in total. The fourth-order valence-electron chi connectivity index (χ4n) is 4.74. The van der Waals surface area contributed by atoms with Gasteiger partial charge in [0.25, 0.3) is 5.91 Å². The second kappa shape index (κ2) is 7.80. The Bertz CT molecular complexity index is 1230. The summed E-state index contributed by atoms with van der Waals surface area (Å²) in [7, 11) is -3.33. The summed E-state index contributed by atoms with van der Waals surface area (Å²) in [4.78, 5) is 17.0. The molecule has 0 spiro atoms. The molecule has 1 atom stereocenters. The van der Waals surface area contributed by atoms with Gasteiger partial charge in [0.05, 0.1) is 18.0 Å². The van der Waals surface area contributed by atoms with Crippen LogP contribution in [0.15, 0.2) is 60.0 Å². The van der Waals surface area contributed by atoms with Crippen molar-refractivity contribution >= 4 is 33.0 Å². The average molecular weight is 453 g/mol.